The average molecular weight is 297 g/mol. The van der Waals surface area contributed by atoms with Gasteiger partial charge in [-0.3, -0.25) is 0 Å². The molecule has 0 radical (unpaired) electrons. The molecular formula is C12H11NO4S2. The Hall–Kier alpha value is -1.73. The van der Waals surface area contributed by atoms with Crippen molar-refractivity contribution in [3.05, 3.63) is 45.9 Å². The van der Waals surface area contributed by atoms with Crippen molar-refractivity contribution in [2.45, 2.75) is 17.6 Å². The predicted octanol–water partition coefficient (Wildman–Crippen LogP) is 2.12. The molecule has 0 bridgehead atoms. The molecule has 100 valence electrons. The zero-order valence-electron chi connectivity index (χ0n) is 10.0. The van der Waals surface area contributed by atoms with Gasteiger partial charge in [-0.05, 0) is 31.2 Å². The highest BCUT2D eigenvalue weighted by molar-refractivity contribution is 7.90. The number of aromatic nitrogens is 1. The van der Waals surface area contributed by atoms with Gasteiger partial charge in [0.25, 0.3) is 0 Å². The van der Waals surface area contributed by atoms with Crippen LogP contribution in [0.4, 0.5) is 0 Å². The monoisotopic (exact) mass is 297 g/mol. The standard InChI is InChI=1S/C12H11NO4S2/c1-8-6-18-11(13-8)7-19(16,17)10-4-2-9(3-5-10)12(14)15/h2-6H,7H2,1H3,(H,14,15). The third kappa shape index (κ3) is 3.18. The summed E-state index contributed by atoms with van der Waals surface area (Å²) in [5.74, 6) is -1.25. The van der Waals surface area contributed by atoms with Crippen molar-refractivity contribution < 1.29 is 18.3 Å². The topological polar surface area (TPSA) is 84.3 Å². The zero-order chi connectivity index (χ0) is 14.0. The highest BCUT2D eigenvalue weighted by Gasteiger charge is 2.17. The molecule has 2 rings (SSSR count). The van der Waals surface area contributed by atoms with Crippen LogP contribution in [0.1, 0.15) is 21.1 Å². The van der Waals surface area contributed by atoms with Crippen LogP contribution in [0.3, 0.4) is 0 Å². The Morgan fingerprint density at radius 1 is 1.32 bits per heavy atom. The summed E-state index contributed by atoms with van der Waals surface area (Å²) in [7, 11) is -3.49. The Kier molecular flexibility index (Phi) is 3.68. The van der Waals surface area contributed by atoms with Gasteiger partial charge >= 0.3 is 5.97 Å². The number of hydrogen-bond acceptors (Lipinski definition) is 5. The van der Waals surface area contributed by atoms with Crippen molar-refractivity contribution in [1.82, 2.24) is 4.98 Å². The molecule has 1 aromatic heterocycles. The quantitative estimate of drug-likeness (QED) is 0.934. The van der Waals surface area contributed by atoms with Crippen LogP contribution in [0.5, 0.6) is 0 Å². The van der Waals surface area contributed by atoms with Crippen LogP contribution in [0.15, 0.2) is 34.5 Å². The number of aryl methyl sites for hydroxylation is 1. The Bertz CT molecular complexity index is 702. The number of carbonyl (C=O) groups is 1. The molecule has 1 heterocycles. The normalized spacial score (nSPS) is 11.4. The number of rotatable bonds is 4. The number of thiazole rings is 1. The summed E-state index contributed by atoms with van der Waals surface area (Å²) < 4.78 is 24.2. The van der Waals surface area contributed by atoms with Crippen molar-refractivity contribution in [1.29, 1.82) is 0 Å². The van der Waals surface area contributed by atoms with E-state index in [1.807, 2.05) is 0 Å². The SMILES string of the molecule is Cc1csc(CS(=O)(=O)c2ccc(C(=O)O)cc2)n1. The Morgan fingerprint density at radius 3 is 2.42 bits per heavy atom. The van der Waals surface area contributed by atoms with Gasteiger partial charge in [-0.1, -0.05) is 0 Å². The molecule has 0 amide bonds. The number of nitrogens with zero attached hydrogens (tertiary/aromatic N) is 1. The maximum atomic E-state index is 12.1. The van der Waals surface area contributed by atoms with E-state index < -0.39 is 15.8 Å². The molecule has 0 atom stereocenters. The maximum absolute atomic E-state index is 12.1. The molecule has 0 spiro atoms. The van der Waals surface area contributed by atoms with Gasteiger partial charge < -0.3 is 5.11 Å². The Balaban J connectivity index is 2.26. The summed E-state index contributed by atoms with van der Waals surface area (Å²) in [5, 5.41) is 11.1. The van der Waals surface area contributed by atoms with Gasteiger partial charge in [0.2, 0.25) is 0 Å². The van der Waals surface area contributed by atoms with Crippen LogP contribution >= 0.6 is 11.3 Å². The number of aromatic carboxylic acids is 1. The van der Waals surface area contributed by atoms with E-state index in [4.69, 9.17) is 5.11 Å². The number of sulfone groups is 1. The van der Waals surface area contributed by atoms with Crippen LogP contribution in [0.2, 0.25) is 0 Å². The first-order chi connectivity index (χ1) is 8.88. The second kappa shape index (κ2) is 5.10. The van der Waals surface area contributed by atoms with Gasteiger partial charge in [0.15, 0.2) is 9.84 Å². The summed E-state index contributed by atoms with van der Waals surface area (Å²) >= 11 is 1.29. The lowest BCUT2D eigenvalue weighted by molar-refractivity contribution is 0.0696. The summed E-state index contributed by atoms with van der Waals surface area (Å²) in [6.45, 7) is 1.80. The summed E-state index contributed by atoms with van der Waals surface area (Å²) in [6, 6.07) is 5.17. The highest BCUT2D eigenvalue weighted by atomic mass is 32.2. The van der Waals surface area contributed by atoms with E-state index in [0.29, 0.717) is 5.01 Å². The molecule has 0 fully saturated rings. The molecule has 0 saturated heterocycles. The Morgan fingerprint density at radius 2 is 1.95 bits per heavy atom. The van der Waals surface area contributed by atoms with Crippen LogP contribution < -0.4 is 0 Å². The molecule has 0 saturated carbocycles. The number of hydrogen-bond donors (Lipinski definition) is 1. The molecule has 1 aromatic carbocycles. The molecule has 7 heteroatoms. The Labute approximate surface area is 114 Å². The minimum absolute atomic E-state index is 0.0593. The van der Waals surface area contributed by atoms with E-state index in [2.05, 4.69) is 4.98 Å². The van der Waals surface area contributed by atoms with Crippen molar-refractivity contribution >= 4 is 27.1 Å². The summed E-state index contributed by atoms with van der Waals surface area (Å²) in [6.07, 6.45) is 0. The summed E-state index contributed by atoms with van der Waals surface area (Å²) in [5.41, 5.74) is 0.848. The van der Waals surface area contributed by atoms with Crippen molar-refractivity contribution in [3.8, 4) is 0 Å². The fourth-order valence-corrected chi connectivity index (χ4v) is 3.92. The van der Waals surface area contributed by atoms with E-state index in [1.54, 1.807) is 12.3 Å². The van der Waals surface area contributed by atoms with Crippen molar-refractivity contribution in [3.63, 3.8) is 0 Å². The highest BCUT2D eigenvalue weighted by Crippen LogP contribution is 2.19. The molecule has 5 nitrogen and oxygen atoms in total. The second-order valence-electron chi connectivity index (χ2n) is 3.97. The van der Waals surface area contributed by atoms with Gasteiger partial charge in [-0.15, -0.1) is 11.3 Å². The predicted molar refractivity (Wildman–Crippen MR) is 71.1 cm³/mol. The van der Waals surface area contributed by atoms with Gasteiger partial charge in [0.1, 0.15) is 10.8 Å². The minimum Gasteiger partial charge on any atom is -0.478 e. The molecule has 19 heavy (non-hydrogen) atoms. The fourth-order valence-electron chi connectivity index (χ4n) is 1.52. The maximum Gasteiger partial charge on any atom is 0.335 e. The summed E-state index contributed by atoms with van der Waals surface area (Å²) in [4.78, 5) is 14.9. The molecule has 1 N–H and O–H groups in total. The van der Waals surface area contributed by atoms with Crippen molar-refractivity contribution in [2.24, 2.45) is 0 Å². The van der Waals surface area contributed by atoms with E-state index in [1.165, 1.54) is 35.6 Å². The lowest BCUT2D eigenvalue weighted by atomic mass is 10.2. The molecule has 0 unspecified atom stereocenters. The van der Waals surface area contributed by atoms with E-state index in [9.17, 15) is 13.2 Å². The van der Waals surface area contributed by atoms with Gasteiger partial charge in [0.05, 0.1) is 10.5 Å². The van der Waals surface area contributed by atoms with Crippen molar-refractivity contribution in [2.75, 3.05) is 0 Å². The van der Waals surface area contributed by atoms with Gasteiger partial charge in [-0.2, -0.15) is 0 Å². The lowest BCUT2D eigenvalue weighted by Gasteiger charge is -2.02. The first-order valence-corrected chi connectivity index (χ1v) is 7.89. The van der Waals surface area contributed by atoms with Crippen LogP contribution in [0, 0.1) is 6.92 Å². The van der Waals surface area contributed by atoms with E-state index in [-0.39, 0.29) is 16.2 Å². The van der Waals surface area contributed by atoms with Crippen LogP contribution in [0.25, 0.3) is 0 Å². The smallest absolute Gasteiger partial charge is 0.335 e. The second-order valence-corrected chi connectivity index (χ2v) is 6.90. The zero-order valence-corrected chi connectivity index (χ0v) is 11.7. The fraction of sp³-hybridized carbons (Fsp3) is 0.167. The molecule has 0 aliphatic carbocycles. The number of carboxylic acids is 1. The number of carboxylic acid groups (broad SMARTS) is 1. The molecular weight excluding hydrogens is 286 g/mol. The number of benzene rings is 1. The van der Waals surface area contributed by atoms with Gasteiger partial charge in [0, 0.05) is 11.1 Å². The molecule has 0 aliphatic heterocycles. The first-order valence-electron chi connectivity index (χ1n) is 5.35. The minimum atomic E-state index is -3.49. The third-order valence-corrected chi connectivity index (χ3v) is 5.23. The van der Waals surface area contributed by atoms with Crippen LogP contribution in [-0.4, -0.2) is 24.5 Å². The largest absolute Gasteiger partial charge is 0.478 e. The van der Waals surface area contributed by atoms with Crippen LogP contribution in [-0.2, 0) is 15.6 Å². The average Bonchev–Trinajstić information content (AvgIpc) is 2.74. The lowest BCUT2D eigenvalue weighted by Crippen LogP contribution is -2.05. The van der Waals surface area contributed by atoms with E-state index >= 15 is 0 Å². The molecule has 0 aliphatic rings. The van der Waals surface area contributed by atoms with E-state index in [0.717, 1.165) is 5.69 Å². The van der Waals surface area contributed by atoms with Gasteiger partial charge in [-0.25, -0.2) is 18.2 Å². The molecule has 2 aromatic rings. The third-order valence-electron chi connectivity index (χ3n) is 2.44. The first kappa shape index (κ1) is 13.7.